The van der Waals surface area contributed by atoms with Crippen molar-refractivity contribution in [1.82, 2.24) is 4.98 Å². The number of aromatic nitrogens is 1. The summed E-state index contributed by atoms with van der Waals surface area (Å²) in [6.07, 6.45) is 1.51. The lowest BCUT2D eigenvalue weighted by molar-refractivity contribution is 0.164. The Labute approximate surface area is 89.7 Å². The van der Waals surface area contributed by atoms with E-state index in [2.05, 4.69) is 18.8 Å². The summed E-state index contributed by atoms with van der Waals surface area (Å²) in [5.74, 6) is 0.789. The van der Waals surface area contributed by atoms with Crippen molar-refractivity contribution in [3.63, 3.8) is 0 Å². The van der Waals surface area contributed by atoms with Gasteiger partial charge in [-0.15, -0.1) is 0 Å². The van der Waals surface area contributed by atoms with Crippen LogP contribution < -0.4 is 10.5 Å². The van der Waals surface area contributed by atoms with Crippen LogP contribution in [0.3, 0.4) is 0 Å². The normalized spacial score (nSPS) is 12.2. The van der Waals surface area contributed by atoms with Crippen LogP contribution in [0.15, 0.2) is 12.3 Å². The monoisotopic (exact) mass is 205 g/mol. The third-order valence-corrected chi connectivity index (χ3v) is 2.24. The van der Waals surface area contributed by atoms with Gasteiger partial charge in [0.25, 0.3) is 0 Å². The zero-order valence-electron chi connectivity index (χ0n) is 9.19. The molecule has 0 aliphatic heterocycles. The first kappa shape index (κ1) is 11.3. The summed E-state index contributed by atoms with van der Waals surface area (Å²) >= 11 is 0. The first-order valence-corrected chi connectivity index (χ1v) is 4.87. The fraction of sp³-hybridized carbons (Fsp3) is 0.455. The number of ether oxygens (including phenoxy) is 1. The van der Waals surface area contributed by atoms with Gasteiger partial charge in [-0.25, -0.2) is 4.98 Å². The molecular weight excluding hydrogens is 190 g/mol. The van der Waals surface area contributed by atoms with Crippen LogP contribution in [0.1, 0.15) is 26.3 Å². The van der Waals surface area contributed by atoms with Crippen LogP contribution in [0.4, 0.5) is 5.69 Å². The van der Waals surface area contributed by atoms with Gasteiger partial charge in [-0.2, -0.15) is 5.26 Å². The molecule has 1 unspecified atom stereocenters. The maximum absolute atomic E-state index is 8.64. The number of hydrogen-bond donors (Lipinski definition) is 1. The second-order valence-corrected chi connectivity index (χ2v) is 3.80. The molecule has 1 aromatic rings. The van der Waals surface area contributed by atoms with Crippen molar-refractivity contribution >= 4 is 5.69 Å². The minimum absolute atomic E-state index is 0.0488. The number of nitrogens with two attached hydrogens (primary N) is 1. The molecule has 1 rings (SSSR count). The largest absolute Gasteiger partial charge is 0.473 e. The van der Waals surface area contributed by atoms with Gasteiger partial charge in [0.15, 0.2) is 0 Å². The lowest BCUT2D eigenvalue weighted by atomic mass is 10.1. The van der Waals surface area contributed by atoms with E-state index >= 15 is 0 Å². The number of anilines is 1. The van der Waals surface area contributed by atoms with E-state index in [0.29, 0.717) is 23.0 Å². The molecule has 15 heavy (non-hydrogen) atoms. The molecule has 0 aliphatic carbocycles. The highest BCUT2D eigenvalue weighted by molar-refractivity contribution is 5.51. The molecule has 80 valence electrons. The van der Waals surface area contributed by atoms with Crippen LogP contribution >= 0.6 is 0 Å². The van der Waals surface area contributed by atoms with Gasteiger partial charge in [0.2, 0.25) is 5.88 Å². The lowest BCUT2D eigenvalue weighted by Gasteiger charge is -2.18. The van der Waals surface area contributed by atoms with Gasteiger partial charge in [0.1, 0.15) is 6.07 Å². The van der Waals surface area contributed by atoms with E-state index in [4.69, 9.17) is 15.7 Å². The summed E-state index contributed by atoms with van der Waals surface area (Å²) in [6, 6.07) is 3.54. The molecule has 4 heteroatoms. The van der Waals surface area contributed by atoms with Gasteiger partial charge >= 0.3 is 0 Å². The number of nitriles is 1. The van der Waals surface area contributed by atoms with Gasteiger partial charge < -0.3 is 10.5 Å². The SMILES string of the molecule is CC(C)C(C)Oc1ncc(C#N)cc1N. The van der Waals surface area contributed by atoms with Crippen LogP contribution in [-0.2, 0) is 0 Å². The Kier molecular flexibility index (Phi) is 3.51. The van der Waals surface area contributed by atoms with Crippen LogP contribution in [0.25, 0.3) is 0 Å². The van der Waals surface area contributed by atoms with Gasteiger partial charge in [-0.1, -0.05) is 13.8 Å². The molecule has 0 amide bonds. The molecule has 0 aromatic carbocycles. The number of hydrogen-bond acceptors (Lipinski definition) is 4. The van der Waals surface area contributed by atoms with Gasteiger partial charge in [-0.3, -0.25) is 0 Å². The van der Waals surface area contributed by atoms with Gasteiger partial charge in [0, 0.05) is 6.20 Å². The molecule has 0 fully saturated rings. The Morgan fingerprint density at radius 1 is 1.47 bits per heavy atom. The van der Waals surface area contributed by atoms with Crippen molar-refractivity contribution in [3.8, 4) is 11.9 Å². The van der Waals surface area contributed by atoms with Crippen LogP contribution in [0.2, 0.25) is 0 Å². The zero-order chi connectivity index (χ0) is 11.4. The van der Waals surface area contributed by atoms with Crippen molar-refractivity contribution < 1.29 is 4.74 Å². The van der Waals surface area contributed by atoms with Crippen molar-refractivity contribution in [2.45, 2.75) is 26.9 Å². The lowest BCUT2D eigenvalue weighted by Crippen LogP contribution is -2.19. The summed E-state index contributed by atoms with van der Waals surface area (Å²) in [5.41, 5.74) is 6.55. The van der Waals surface area contributed by atoms with E-state index in [9.17, 15) is 0 Å². The molecule has 1 heterocycles. The number of nitrogen functional groups attached to an aromatic ring is 1. The molecule has 0 radical (unpaired) electrons. The molecule has 0 spiro atoms. The molecular formula is C11H15N3O. The summed E-state index contributed by atoms with van der Waals surface area (Å²) in [5, 5.41) is 8.64. The Bertz CT molecular complexity index is 382. The number of rotatable bonds is 3. The van der Waals surface area contributed by atoms with Crippen LogP contribution in [-0.4, -0.2) is 11.1 Å². The standard InChI is InChI=1S/C11H15N3O/c1-7(2)8(3)15-11-10(13)4-9(5-12)6-14-11/h4,6-8H,13H2,1-3H3. The second kappa shape index (κ2) is 4.65. The minimum atomic E-state index is 0.0488. The summed E-state index contributed by atoms with van der Waals surface area (Å²) in [6.45, 7) is 6.08. The Morgan fingerprint density at radius 2 is 2.13 bits per heavy atom. The molecule has 1 aromatic heterocycles. The quantitative estimate of drug-likeness (QED) is 0.818. The highest BCUT2D eigenvalue weighted by atomic mass is 16.5. The summed E-state index contributed by atoms with van der Waals surface area (Å²) in [4.78, 5) is 4.00. The molecule has 4 nitrogen and oxygen atoms in total. The molecule has 0 saturated heterocycles. The van der Waals surface area contributed by atoms with Crippen molar-refractivity contribution in [1.29, 1.82) is 5.26 Å². The minimum Gasteiger partial charge on any atom is -0.473 e. The molecule has 2 N–H and O–H groups in total. The third kappa shape index (κ3) is 2.84. The van der Waals surface area contributed by atoms with Gasteiger partial charge in [0.05, 0.1) is 17.4 Å². The van der Waals surface area contributed by atoms with E-state index in [-0.39, 0.29) is 6.10 Å². The van der Waals surface area contributed by atoms with Gasteiger partial charge in [-0.05, 0) is 18.9 Å². The highest BCUT2D eigenvalue weighted by Crippen LogP contribution is 2.21. The molecule has 0 bridgehead atoms. The van der Waals surface area contributed by atoms with Crippen molar-refractivity contribution in [2.75, 3.05) is 5.73 Å². The second-order valence-electron chi connectivity index (χ2n) is 3.80. The van der Waals surface area contributed by atoms with E-state index in [1.165, 1.54) is 6.20 Å². The topological polar surface area (TPSA) is 71.9 Å². The van der Waals surface area contributed by atoms with Crippen molar-refractivity contribution in [2.24, 2.45) is 5.92 Å². The third-order valence-electron chi connectivity index (χ3n) is 2.24. The first-order chi connectivity index (χ1) is 7.04. The van der Waals surface area contributed by atoms with Crippen molar-refractivity contribution in [3.05, 3.63) is 17.8 Å². The van der Waals surface area contributed by atoms with E-state index in [0.717, 1.165) is 0 Å². The maximum Gasteiger partial charge on any atom is 0.237 e. The van der Waals surface area contributed by atoms with E-state index < -0.39 is 0 Å². The average molecular weight is 205 g/mol. The molecule has 0 saturated carbocycles. The van der Waals surface area contributed by atoms with E-state index in [1.54, 1.807) is 6.07 Å². The maximum atomic E-state index is 8.64. The van der Waals surface area contributed by atoms with Crippen LogP contribution in [0, 0.1) is 17.2 Å². The van der Waals surface area contributed by atoms with Crippen LogP contribution in [0.5, 0.6) is 5.88 Å². The average Bonchev–Trinajstić information content (AvgIpc) is 2.20. The summed E-state index contributed by atoms with van der Waals surface area (Å²) in [7, 11) is 0. The predicted molar refractivity (Wildman–Crippen MR) is 58.3 cm³/mol. The summed E-state index contributed by atoms with van der Waals surface area (Å²) < 4.78 is 5.56. The smallest absolute Gasteiger partial charge is 0.237 e. The Balaban J connectivity index is 2.84. The fourth-order valence-electron chi connectivity index (χ4n) is 0.941. The Hall–Kier alpha value is -1.76. The zero-order valence-corrected chi connectivity index (χ0v) is 9.19. The first-order valence-electron chi connectivity index (χ1n) is 4.87. The Morgan fingerprint density at radius 3 is 2.60 bits per heavy atom. The number of pyridine rings is 1. The predicted octanol–water partition coefficient (Wildman–Crippen LogP) is 1.96. The highest BCUT2D eigenvalue weighted by Gasteiger charge is 2.11. The fourth-order valence-corrected chi connectivity index (χ4v) is 0.941. The molecule has 0 aliphatic rings. The number of nitrogens with zero attached hydrogens (tertiary/aromatic N) is 2. The van der Waals surface area contributed by atoms with E-state index in [1.807, 2.05) is 13.0 Å². The molecule has 1 atom stereocenters.